The monoisotopic (exact) mass is 387 g/mol. The standard InChI is InChI=1S/C20H29N5OS/c1-4-7-18(26)25-16-10-8-15(9-11-16)12-23-20(21-6-3)24-14-19-22-13-17(5-2)27-19/h8-11,13H,4-7,12,14H2,1-3H3,(H,25,26)(H2,21,23,24). The summed E-state index contributed by atoms with van der Waals surface area (Å²) < 4.78 is 0. The van der Waals surface area contributed by atoms with Gasteiger partial charge in [0.05, 0.1) is 13.1 Å². The number of nitrogens with zero attached hydrogens (tertiary/aromatic N) is 2. The van der Waals surface area contributed by atoms with Crippen molar-refractivity contribution in [2.75, 3.05) is 11.9 Å². The Morgan fingerprint density at radius 1 is 1.15 bits per heavy atom. The van der Waals surface area contributed by atoms with Gasteiger partial charge in [-0.15, -0.1) is 11.3 Å². The van der Waals surface area contributed by atoms with Crippen molar-refractivity contribution in [3.05, 3.63) is 45.9 Å². The molecule has 6 nitrogen and oxygen atoms in total. The molecule has 1 amide bonds. The van der Waals surface area contributed by atoms with Crippen LogP contribution in [0.3, 0.4) is 0 Å². The SMILES string of the molecule is CCCC(=O)Nc1ccc(CN=C(NCC)NCc2ncc(CC)s2)cc1. The molecule has 146 valence electrons. The number of aromatic nitrogens is 1. The molecule has 0 radical (unpaired) electrons. The van der Waals surface area contributed by atoms with E-state index in [0.29, 0.717) is 19.5 Å². The first-order valence-corrected chi connectivity index (χ1v) is 10.3. The Kier molecular flexibility index (Phi) is 8.77. The van der Waals surface area contributed by atoms with E-state index in [4.69, 9.17) is 0 Å². The Morgan fingerprint density at radius 2 is 1.93 bits per heavy atom. The van der Waals surface area contributed by atoms with E-state index in [1.165, 1.54) is 4.88 Å². The molecular weight excluding hydrogens is 358 g/mol. The van der Waals surface area contributed by atoms with Crippen LogP contribution in [0, 0.1) is 0 Å². The van der Waals surface area contributed by atoms with E-state index in [-0.39, 0.29) is 5.91 Å². The summed E-state index contributed by atoms with van der Waals surface area (Å²) in [6.45, 7) is 8.20. The lowest BCUT2D eigenvalue weighted by Gasteiger charge is -2.10. The summed E-state index contributed by atoms with van der Waals surface area (Å²) in [4.78, 5) is 22.0. The summed E-state index contributed by atoms with van der Waals surface area (Å²) in [5.41, 5.74) is 1.91. The van der Waals surface area contributed by atoms with Crippen molar-refractivity contribution in [2.45, 2.75) is 53.1 Å². The van der Waals surface area contributed by atoms with Gasteiger partial charge in [0.25, 0.3) is 0 Å². The summed E-state index contributed by atoms with van der Waals surface area (Å²) in [6, 6.07) is 7.81. The molecule has 2 aromatic rings. The van der Waals surface area contributed by atoms with Crippen LogP contribution in [-0.4, -0.2) is 23.4 Å². The molecule has 1 aromatic carbocycles. The van der Waals surface area contributed by atoms with Crippen molar-refractivity contribution < 1.29 is 4.79 Å². The third-order valence-electron chi connectivity index (χ3n) is 3.84. The van der Waals surface area contributed by atoms with Gasteiger partial charge >= 0.3 is 0 Å². The van der Waals surface area contributed by atoms with Gasteiger partial charge in [0, 0.05) is 29.7 Å². The van der Waals surface area contributed by atoms with Gasteiger partial charge in [0.2, 0.25) is 5.91 Å². The highest BCUT2D eigenvalue weighted by molar-refractivity contribution is 7.11. The fourth-order valence-electron chi connectivity index (χ4n) is 2.41. The van der Waals surface area contributed by atoms with Gasteiger partial charge in [-0.3, -0.25) is 4.79 Å². The summed E-state index contributed by atoms with van der Waals surface area (Å²) >= 11 is 1.73. The molecular formula is C20H29N5OS. The molecule has 0 spiro atoms. The summed E-state index contributed by atoms with van der Waals surface area (Å²) in [6.07, 6.45) is 4.34. The Bertz CT molecular complexity index is 739. The second kappa shape index (κ2) is 11.3. The maximum absolute atomic E-state index is 11.6. The average molecular weight is 388 g/mol. The van der Waals surface area contributed by atoms with Crippen molar-refractivity contribution in [1.82, 2.24) is 15.6 Å². The van der Waals surface area contributed by atoms with E-state index in [1.807, 2.05) is 44.3 Å². The number of aryl methyl sites for hydroxylation is 1. The Labute approximate surface area is 165 Å². The Morgan fingerprint density at radius 3 is 2.56 bits per heavy atom. The predicted octanol–water partition coefficient (Wildman–Crippen LogP) is 3.70. The molecule has 0 atom stereocenters. The smallest absolute Gasteiger partial charge is 0.224 e. The third kappa shape index (κ3) is 7.38. The molecule has 0 aliphatic rings. The molecule has 0 unspecified atom stereocenters. The number of aliphatic imine (C=N–C) groups is 1. The molecule has 7 heteroatoms. The highest BCUT2D eigenvalue weighted by Crippen LogP contribution is 2.13. The number of hydrogen-bond donors (Lipinski definition) is 3. The van der Waals surface area contributed by atoms with Crippen LogP contribution in [0.4, 0.5) is 5.69 Å². The van der Waals surface area contributed by atoms with Crippen LogP contribution in [0.1, 0.15) is 49.1 Å². The van der Waals surface area contributed by atoms with Crippen LogP contribution in [-0.2, 0) is 24.3 Å². The lowest BCUT2D eigenvalue weighted by molar-refractivity contribution is -0.116. The number of nitrogens with one attached hydrogen (secondary N) is 3. The van der Waals surface area contributed by atoms with Crippen molar-refractivity contribution >= 4 is 28.9 Å². The van der Waals surface area contributed by atoms with E-state index < -0.39 is 0 Å². The van der Waals surface area contributed by atoms with Gasteiger partial charge in [-0.1, -0.05) is 26.0 Å². The topological polar surface area (TPSA) is 78.4 Å². The van der Waals surface area contributed by atoms with E-state index in [9.17, 15) is 4.79 Å². The number of carbonyl (C=O) groups is 1. The van der Waals surface area contributed by atoms with E-state index in [2.05, 4.69) is 32.9 Å². The summed E-state index contributed by atoms with van der Waals surface area (Å²) in [5, 5.41) is 10.5. The Balaban J connectivity index is 1.90. The first-order valence-electron chi connectivity index (χ1n) is 9.49. The van der Waals surface area contributed by atoms with Gasteiger partial charge in [0.1, 0.15) is 5.01 Å². The lowest BCUT2D eigenvalue weighted by Crippen LogP contribution is -2.36. The number of amides is 1. The van der Waals surface area contributed by atoms with Crippen LogP contribution in [0.25, 0.3) is 0 Å². The highest BCUT2D eigenvalue weighted by Gasteiger charge is 2.04. The number of anilines is 1. The maximum Gasteiger partial charge on any atom is 0.224 e. The minimum Gasteiger partial charge on any atom is -0.357 e. The van der Waals surface area contributed by atoms with E-state index in [1.54, 1.807) is 11.3 Å². The molecule has 1 heterocycles. The van der Waals surface area contributed by atoms with E-state index >= 15 is 0 Å². The van der Waals surface area contributed by atoms with Gasteiger partial charge < -0.3 is 16.0 Å². The van der Waals surface area contributed by atoms with E-state index in [0.717, 1.165) is 41.6 Å². The van der Waals surface area contributed by atoms with Crippen LogP contribution in [0.2, 0.25) is 0 Å². The first-order chi connectivity index (χ1) is 13.1. The molecule has 2 rings (SSSR count). The van der Waals surface area contributed by atoms with Crippen LogP contribution >= 0.6 is 11.3 Å². The molecule has 0 aliphatic heterocycles. The normalized spacial score (nSPS) is 11.3. The minimum absolute atomic E-state index is 0.0512. The Hall–Kier alpha value is -2.41. The molecule has 0 aliphatic carbocycles. The highest BCUT2D eigenvalue weighted by atomic mass is 32.1. The summed E-state index contributed by atoms with van der Waals surface area (Å²) in [5.74, 6) is 0.821. The lowest BCUT2D eigenvalue weighted by atomic mass is 10.2. The number of benzene rings is 1. The average Bonchev–Trinajstić information content (AvgIpc) is 3.13. The molecule has 27 heavy (non-hydrogen) atoms. The molecule has 0 bridgehead atoms. The van der Waals surface area contributed by atoms with Gasteiger partial charge in [-0.25, -0.2) is 9.98 Å². The first kappa shape index (κ1) is 20.9. The number of rotatable bonds is 9. The summed E-state index contributed by atoms with van der Waals surface area (Å²) in [7, 11) is 0. The predicted molar refractivity (Wildman–Crippen MR) is 113 cm³/mol. The largest absolute Gasteiger partial charge is 0.357 e. The van der Waals surface area contributed by atoms with Crippen LogP contribution in [0.5, 0.6) is 0 Å². The van der Waals surface area contributed by atoms with Crippen molar-refractivity contribution in [1.29, 1.82) is 0 Å². The number of carbonyl (C=O) groups excluding carboxylic acids is 1. The van der Waals surface area contributed by atoms with Crippen molar-refractivity contribution in [3.63, 3.8) is 0 Å². The molecule has 1 aromatic heterocycles. The van der Waals surface area contributed by atoms with Crippen LogP contribution < -0.4 is 16.0 Å². The second-order valence-corrected chi connectivity index (χ2v) is 7.32. The fraction of sp³-hybridized carbons (Fsp3) is 0.450. The maximum atomic E-state index is 11.6. The van der Waals surface area contributed by atoms with Crippen molar-refractivity contribution in [3.8, 4) is 0 Å². The number of guanidine groups is 1. The minimum atomic E-state index is 0.0512. The zero-order chi connectivity index (χ0) is 19.5. The zero-order valence-corrected chi connectivity index (χ0v) is 17.2. The number of thiazole rings is 1. The molecule has 3 N–H and O–H groups in total. The van der Waals surface area contributed by atoms with Gasteiger partial charge in [-0.2, -0.15) is 0 Å². The number of hydrogen-bond acceptors (Lipinski definition) is 4. The van der Waals surface area contributed by atoms with Crippen LogP contribution in [0.15, 0.2) is 35.5 Å². The fourth-order valence-corrected chi connectivity index (χ4v) is 3.21. The third-order valence-corrected chi connectivity index (χ3v) is 4.98. The molecule has 0 fully saturated rings. The molecule has 0 saturated heterocycles. The van der Waals surface area contributed by atoms with Crippen molar-refractivity contribution in [2.24, 2.45) is 4.99 Å². The zero-order valence-electron chi connectivity index (χ0n) is 16.3. The second-order valence-electron chi connectivity index (χ2n) is 6.12. The van der Waals surface area contributed by atoms with Gasteiger partial charge in [-0.05, 0) is 37.5 Å². The van der Waals surface area contributed by atoms with Gasteiger partial charge in [0.15, 0.2) is 5.96 Å². The molecule has 0 saturated carbocycles. The quantitative estimate of drug-likeness (QED) is 0.453.